The molecule has 82 valence electrons. The van der Waals surface area contributed by atoms with Crippen molar-refractivity contribution in [1.29, 1.82) is 0 Å². The third-order valence-corrected chi connectivity index (χ3v) is 1.72. The van der Waals surface area contributed by atoms with Gasteiger partial charge in [-0.3, -0.25) is 9.59 Å². The number of rotatable bonds is 3. The monoisotopic (exact) mass is 208 g/mol. The van der Waals surface area contributed by atoms with E-state index in [2.05, 4.69) is 0 Å². The van der Waals surface area contributed by atoms with Gasteiger partial charge in [-0.25, -0.2) is 0 Å². The summed E-state index contributed by atoms with van der Waals surface area (Å²) < 4.78 is 0. The molecule has 1 rings (SSSR count). The molecule has 0 unspecified atom stereocenters. The van der Waals surface area contributed by atoms with Gasteiger partial charge in [0, 0.05) is 18.4 Å². The fraction of sp³-hybridized carbons (Fsp3) is 0.333. The molecule has 3 heteroatoms. The molecule has 1 aromatic rings. The van der Waals surface area contributed by atoms with Crippen LogP contribution in [-0.4, -0.2) is 16.9 Å². The highest BCUT2D eigenvalue weighted by Gasteiger charge is 1.98. The summed E-state index contributed by atoms with van der Waals surface area (Å²) in [6.45, 7) is 3.47. The maximum Gasteiger partial charge on any atom is 0.303 e. The van der Waals surface area contributed by atoms with E-state index < -0.39 is 5.97 Å². The average molecular weight is 208 g/mol. The third-order valence-electron chi connectivity index (χ3n) is 1.72. The van der Waals surface area contributed by atoms with Gasteiger partial charge >= 0.3 is 5.97 Å². The Morgan fingerprint density at radius 2 is 1.53 bits per heavy atom. The smallest absolute Gasteiger partial charge is 0.303 e. The van der Waals surface area contributed by atoms with E-state index in [0.29, 0.717) is 6.42 Å². The van der Waals surface area contributed by atoms with Gasteiger partial charge in [0.2, 0.25) is 0 Å². The summed E-state index contributed by atoms with van der Waals surface area (Å²) in [5.74, 6) is -0.536. The largest absolute Gasteiger partial charge is 0.481 e. The lowest BCUT2D eigenvalue weighted by Crippen LogP contribution is -1.94. The van der Waals surface area contributed by atoms with Gasteiger partial charge in [-0.15, -0.1) is 0 Å². The topological polar surface area (TPSA) is 54.4 Å². The van der Waals surface area contributed by atoms with Gasteiger partial charge in [0.25, 0.3) is 0 Å². The molecule has 15 heavy (non-hydrogen) atoms. The van der Waals surface area contributed by atoms with Crippen molar-refractivity contribution < 1.29 is 14.7 Å². The maximum absolute atomic E-state index is 11.0. The first-order valence-electron chi connectivity index (χ1n) is 4.91. The van der Waals surface area contributed by atoms with Crippen molar-refractivity contribution in [3.8, 4) is 0 Å². The molecule has 0 aliphatic carbocycles. The minimum Gasteiger partial charge on any atom is -0.481 e. The molecule has 0 heterocycles. The molecule has 0 aliphatic heterocycles. The van der Waals surface area contributed by atoms with Crippen molar-refractivity contribution in [3.05, 3.63) is 35.9 Å². The van der Waals surface area contributed by atoms with Crippen LogP contribution in [0.25, 0.3) is 0 Å². The van der Waals surface area contributed by atoms with Crippen LogP contribution < -0.4 is 0 Å². The summed E-state index contributed by atoms with van der Waals surface area (Å²) in [4.78, 5) is 20.4. The van der Waals surface area contributed by atoms with Crippen LogP contribution in [0.3, 0.4) is 0 Å². The van der Waals surface area contributed by atoms with E-state index in [0.717, 1.165) is 5.56 Å². The lowest BCUT2D eigenvalue weighted by Gasteiger charge is -1.93. The van der Waals surface area contributed by atoms with Crippen LogP contribution in [-0.2, 0) is 4.79 Å². The van der Waals surface area contributed by atoms with Gasteiger partial charge in [-0.1, -0.05) is 44.2 Å². The molecule has 0 atom stereocenters. The lowest BCUT2D eigenvalue weighted by atomic mass is 10.1. The van der Waals surface area contributed by atoms with Crippen LogP contribution >= 0.6 is 0 Å². The molecule has 3 nitrogen and oxygen atoms in total. The van der Waals surface area contributed by atoms with Crippen LogP contribution in [0, 0.1) is 0 Å². The Morgan fingerprint density at radius 1 is 1.07 bits per heavy atom. The van der Waals surface area contributed by atoms with Gasteiger partial charge in [-0.2, -0.15) is 0 Å². The number of benzene rings is 1. The van der Waals surface area contributed by atoms with Crippen LogP contribution in [0.2, 0.25) is 0 Å². The molecule has 0 aromatic heterocycles. The molecule has 1 aromatic carbocycles. The Balaban J connectivity index is 0.000000336. The number of carbonyl (C=O) groups is 2. The fourth-order valence-electron chi connectivity index (χ4n) is 0.828. The zero-order chi connectivity index (χ0) is 11.7. The zero-order valence-corrected chi connectivity index (χ0v) is 9.06. The lowest BCUT2D eigenvalue weighted by molar-refractivity contribution is -0.136. The molecule has 0 bridgehead atoms. The standard InChI is InChI=1S/C9H10O.C3H6O2/c1-2-9(10)8-6-4-3-5-7-8;1-2-3(4)5/h3-7H,2H2,1H3;2H2,1H3,(H,4,5). The molecule has 0 amide bonds. The van der Waals surface area contributed by atoms with E-state index in [-0.39, 0.29) is 12.2 Å². The summed E-state index contributed by atoms with van der Waals surface area (Å²) in [5, 5.41) is 7.72. The van der Waals surface area contributed by atoms with Gasteiger partial charge in [0.1, 0.15) is 0 Å². The number of hydrogen-bond acceptors (Lipinski definition) is 2. The minimum atomic E-state index is -0.745. The third kappa shape index (κ3) is 6.43. The Hall–Kier alpha value is -1.64. The second-order valence-corrected chi connectivity index (χ2v) is 2.89. The van der Waals surface area contributed by atoms with Gasteiger partial charge in [-0.05, 0) is 0 Å². The molecule has 1 N–H and O–H groups in total. The Morgan fingerprint density at radius 3 is 1.87 bits per heavy atom. The van der Waals surface area contributed by atoms with E-state index in [9.17, 15) is 9.59 Å². The quantitative estimate of drug-likeness (QED) is 0.777. The summed E-state index contributed by atoms with van der Waals surface area (Å²) in [6.07, 6.45) is 0.810. The number of hydrogen-bond donors (Lipinski definition) is 1. The first-order valence-corrected chi connectivity index (χ1v) is 4.91. The normalized spacial score (nSPS) is 8.67. The molecule has 0 radical (unpaired) electrons. The maximum atomic E-state index is 11.0. The van der Waals surface area contributed by atoms with E-state index in [1.54, 1.807) is 6.92 Å². The number of aliphatic carboxylic acids is 1. The number of ketones is 1. The summed E-state index contributed by atoms with van der Waals surface area (Å²) >= 11 is 0. The molecular weight excluding hydrogens is 192 g/mol. The SMILES string of the molecule is CCC(=O)O.CCC(=O)c1ccccc1. The van der Waals surface area contributed by atoms with E-state index in [1.165, 1.54) is 0 Å². The average Bonchev–Trinajstić information content (AvgIpc) is 2.30. The molecule has 0 spiro atoms. The van der Waals surface area contributed by atoms with E-state index in [4.69, 9.17) is 5.11 Å². The van der Waals surface area contributed by atoms with Gasteiger partial charge in [0.05, 0.1) is 0 Å². The highest BCUT2D eigenvalue weighted by Crippen LogP contribution is 2.01. The Labute approximate surface area is 89.7 Å². The van der Waals surface area contributed by atoms with Gasteiger partial charge in [0.15, 0.2) is 5.78 Å². The fourth-order valence-corrected chi connectivity index (χ4v) is 0.828. The summed E-state index contributed by atoms with van der Waals surface area (Å²) in [7, 11) is 0. The number of carbonyl (C=O) groups excluding carboxylic acids is 1. The van der Waals surface area contributed by atoms with Gasteiger partial charge < -0.3 is 5.11 Å². The first kappa shape index (κ1) is 13.4. The van der Waals surface area contributed by atoms with Crippen LogP contribution in [0.1, 0.15) is 37.0 Å². The molecule has 0 saturated carbocycles. The van der Waals surface area contributed by atoms with E-state index in [1.807, 2.05) is 37.3 Å². The number of carboxylic acid groups (broad SMARTS) is 1. The number of carboxylic acids is 1. The minimum absolute atomic E-state index is 0.209. The van der Waals surface area contributed by atoms with Crippen LogP contribution in [0.5, 0.6) is 0 Å². The Kier molecular flexibility index (Phi) is 6.89. The summed E-state index contributed by atoms with van der Waals surface area (Å²) in [5.41, 5.74) is 0.810. The number of Topliss-reactive ketones (excluding diaryl/α,β-unsaturated/α-hetero) is 1. The predicted octanol–water partition coefficient (Wildman–Crippen LogP) is 2.76. The second kappa shape index (κ2) is 7.74. The highest BCUT2D eigenvalue weighted by atomic mass is 16.4. The van der Waals surface area contributed by atoms with Crippen LogP contribution in [0.15, 0.2) is 30.3 Å². The van der Waals surface area contributed by atoms with Crippen molar-refractivity contribution in [2.75, 3.05) is 0 Å². The van der Waals surface area contributed by atoms with Crippen molar-refractivity contribution >= 4 is 11.8 Å². The highest BCUT2D eigenvalue weighted by molar-refractivity contribution is 5.95. The van der Waals surface area contributed by atoms with Crippen LogP contribution in [0.4, 0.5) is 0 Å². The van der Waals surface area contributed by atoms with E-state index >= 15 is 0 Å². The van der Waals surface area contributed by atoms with Crippen molar-refractivity contribution in [2.45, 2.75) is 26.7 Å². The first-order chi connectivity index (χ1) is 7.11. The second-order valence-electron chi connectivity index (χ2n) is 2.89. The Bertz CT molecular complexity index is 304. The zero-order valence-electron chi connectivity index (χ0n) is 9.06. The van der Waals surface area contributed by atoms with Crippen molar-refractivity contribution in [1.82, 2.24) is 0 Å². The molecule has 0 fully saturated rings. The summed E-state index contributed by atoms with van der Waals surface area (Å²) in [6, 6.07) is 9.34. The van der Waals surface area contributed by atoms with Crippen molar-refractivity contribution in [2.24, 2.45) is 0 Å². The van der Waals surface area contributed by atoms with Crippen molar-refractivity contribution in [3.63, 3.8) is 0 Å². The predicted molar refractivity (Wildman–Crippen MR) is 59.0 cm³/mol. The molecule has 0 saturated heterocycles. The molecule has 0 aliphatic rings. The molecular formula is C12H16O3.